The molecule has 0 fully saturated rings. The summed E-state index contributed by atoms with van der Waals surface area (Å²) in [7, 11) is 0. The number of hydrogen-bond acceptors (Lipinski definition) is 3. The Hall–Kier alpha value is -1.58. The van der Waals surface area contributed by atoms with Crippen LogP contribution < -0.4 is 5.32 Å². The average molecular weight is 264 g/mol. The minimum atomic E-state index is -0.908. The van der Waals surface area contributed by atoms with Gasteiger partial charge in [0.25, 0.3) is 0 Å². The van der Waals surface area contributed by atoms with Gasteiger partial charge in [-0.15, -0.1) is 0 Å². The van der Waals surface area contributed by atoms with Crippen LogP contribution in [0.1, 0.15) is 62.5 Å². The summed E-state index contributed by atoms with van der Waals surface area (Å²) in [5, 5.41) is 12.3. The third-order valence-electron chi connectivity index (χ3n) is 2.95. The number of aromatic carboxylic acids is 1. The van der Waals surface area contributed by atoms with E-state index in [0.29, 0.717) is 17.3 Å². The summed E-state index contributed by atoms with van der Waals surface area (Å²) in [5.74, 6) is 0.656. The Morgan fingerprint density at radius 2 is 2.00 bits per heavy atom. The summed E-state index contributed by atoms with van der Waals surface area (Å²) in [4.78, 5) is 15.5. The van der Waals surface area contributed by atoms with Crippen molar-refractivity contribution < 1.29 is 9.90 Å². The number of pyridine rings is 1. The van der Waals surface area contributed by atoms with E-state index in [1.807, 2.05) is 13.8 Å². The lowest BCUT2D eigenvalue weighted by atomic mass is 10.1. The molecule has 0 aliphatic carbocycles. The fraction of sp³-hybridized carbons (Fsp3) is 0.600. The second kappa shape index (κ2) is 7.12. The van der Waals surface area contributed by atoms with Crippen molar-refractivity contribution in [2.24, 2.45) is 5.92 Å². The van der Waals surface area contributed by atoms with E-state index in [-0.39, 0.29) is 5.92 Å². The zero-order valence-electron chi connectivity index (χ0n) is 12.2. The molecular formula is C15H24N2O2. The van der Waals surface area contributed by atoms with Gasteiger partial charge in [-0.2, -0.15) is 0 Å². The van der Waals surface area contributed by atoms with Crippen LogP contribution in [0, 0.1) is 5.92 Å². The quantitative estimate of drug-likeness (QED) is 0.736. The first-order valence-electron chi connectivity index (χ1n) is 6.89. The van der Waals surface area contributed by atoms with Gasteiger partial charge in [0.15, 0.2) is 0 Å². The van der Waals surface area contributed by atoms with Crippen LogP contribution in [-0.4, -0.2) is 22.6 Å². The Labute approximate surface area is 115 Å². The lowest BCUT2D eigenvalue weighted by Gasteiger charge is -2.11. The number of carboxylic acid groups (broad SMARTS) is 1. The van der Waals surface area contributed by atoms with Gasteiger partial charge in [0.1, 0.15) is 5.82 Å². The number of hydrogen-bond donors (Lipinski definition) is 2. The van der Waals surface area contributed by atoms with Crippen molar-refractivity contribution in [1.29, 1.82) is 0 Å². The van der Waals surface area contributed by atoms with Crippen molar-refractivity contribution >= 4 is 11.8 Å². The molecule has 1 aromatic heterocycles. The summed E-state index contributed by atoms with van der Waals surface area (Å²) in [6, 6.07) is 3.25. The molecule has 0 amide bonds. The number of aromatic nitrogens is 1. The highest BCUT2D eigenvalue weighted by atomic mass is 16.4. The molecule has 0 aromatic carbocycles. The number of carbonyl (C=O) groups is 1. The van der Waals surface area contributed by atoms with Gasteiger partial charge in [-0.25, -0.2) is 9.78 Å². The molecule has 0 unspecified atom stereocenters. The van der Waals surface area contributed by atoms with Crippen molar-refractivity contribution in [1.82, 2.24) is 4.98 Å². The number of carboxylic acids is 1. The first kappa shape index (κ1) is 15.5. The standard InChI is InChI=1S/C15H24N2O2/c1-10(2)6-5-7-16-14-9-12(15(18)19)8-13(17-14)11(3)4/h8-11H,5-7H2,1-4H3,(H,16,17)(H,18,19). The van der Waals surface area contributed by atoms with E-state index < -0.39 is 5.97 Å². The van der Waals surface area contributed by atoms with Crippen LogP contribution in [-0.2, 0) is 0 Å². The molecule has 106 valence electrons. The molecule has 0 saturated carbocycles. The maximum Gasteiger partial charge on any atom is 0.335 e. The van der Waals surface area contributed by atoms with E-state index in [1.54, 1.807) is 12.1 Å². The number of nitrogens with one attached hydrogen (secondary N) is 1. The van der Waals surface area contributed by atoms with Gasteiger partial charge in [-0.1, -0.05) is 27.7 Å². The van der Waals surface area contributed by atoms with Crippen LogP contribution in [0.15, 0.2) is 12.1 Å². The Bertz CT molecular complexity index is 428. The molecule has 0 aliphatic heterocycles. The molecule has 0 spiro atoms. The summed E-state index contributed by atoms with van der Waals surface area (Å²) in [5.41, 5.74) is 1.11. The van der Waals surface area contributed by atoms with Gasteiger partial charge in [-0.3, -0.25) is 0 Å². The fourth-order valence-electron chi connectivity index (χ4n) is 1.79. The van der Waals surface area contributed by atoms with Gasteiger partial charge in [0.05, 0.1) is 5.56 Å². The Balaban J connectivity index is 2.73. The second-order valence-electron chi connectivity index (χ2n) is 5.59. The molecule has 0 bridgehead atoms. The fourth-order valence-corrected chi connectivity index (χ4v) is 1.79. The smallest absolute Gasteiger partial charge is 0.335 e. The zero-order valence-corrected chi connectivity index (χ0v) is 12.2. The summed E-state index contributed by atoms with van der Waals surface area (Å²) in [6.45, 7) is 9.24. The Morgan fingerprint density at radius 1 is 1.32 bits per heavy atom. The summed E-state index contributed by atoms with van der Waals surface area (Å²) >= 11 is 0. The van der Waals surface area contributed by atoms with Crippen LogP contribution >= 0.6 is 0 Å². The summed E-state index contributed by atoms with van der Waals surface area (Å²) < 4.78 is 0. The molecule has 19 heavy (non-hydrogen) atoms. The van der Waals surface area contributed by atoms with Gasteiger partial charge in [-0.05, 0) is 36.8 Å². The van der Waals surface area contributed by atoms with Gasteiger partial charge in [0.2, 0.25) is 0 Å². The zero-order chi connectivity index (χ0) is 14.4. The molecule has 4 heteroatoms. The predicted molar refractivity (Wildman–Crippen MR) is 77.8 cm³/mol. The van der Waals surface area contributed by atoms with Gasteiger partial charge in [0, 0.05) is 12.2 Å². The second-order valence-corrected chi connectivity index (χ2v) is 5.59. The largest absolute Gasteiger partial charge is 0.478 e. The third kappa shape index (κ3) is 5.28. The topological polar surface area (TPSA) is 62.2 Å². The van der Waals surface area contributed by atoms with E-state index in [4.69, 9.17) is 5.11 Å². The minimum absolute atomic E-state index is 0.218. The first-order valence-corrected chi connectivity index (χ1v) is 6.89. The van der Waals surface area contributed by atoms with Crippen LogP contribution in [0.3, 0.4) is 0 Å². The SMILES string of the molecule is CC(C)CCCNc1cc(C(=O)O)cc(C(C)C)n1. The number of rotatable bonds is 7. The molecule has 0 atom stereocenters. The monoisotopic (exact) mass is 264 g/mol. The molecule has 2 N–H and O–H groups in total. The van der Waals surface area contributed by atoms with Crippen LogP contribution in [0.5, 0.6) is 0 Å². The highest BCUT2D eigenvalue weighted by Gasteiger charge is 2.10. The normalized spacial score (nSPS) is 11.1. The number of nitrogens with zero attached hydrogens (tertiary/aromatic N) is 1. The van der Waals surface area contributed by atoms with Crippen molar-refractivity contribution in [3.8, 4) is 0 Å². The molecule has 1 aromatic rings. The molecule has 1 rings (SSSR count). The molecule has 4 nitrogen and oxygen atoms in total. The minimum Gasteiger partial charge on any atom is -0.478 e. The van der Waals surface area contributed by atoms with Crippen LogP contribution in [0.4, 0.5) is 5.82 Å². The van der Waals surface area contributed by atoms with E-state index in [9.17, 15) is 4.79 Å². The highest BCUT2D eigenvalue weighted by Crippen LogP contribution is 2.18. The van der Waals surface area contributed by atoms with E-state index in [0.717, 1.165) is 25.1 Å². The van der Waals surface area contributed by atoms with Gasteiger partial charge >= 0.3 is 5.97 Å². The van der Waals surface area contributed by atoms with E-state index in [1.165, 1.54) is 0 Å². The van der Waals surface area contributed by atoms with Crippen molar-refractivity contribution in [2.75, 3.05) is 11.9 Å². The van der Waals surface area contributed by atoms with Crippen molar-refractivity contribution in [2.45, 2.75) is 46.5 Å². The Morgan fingerprint density at radius 3 is 2.53 bits per heavy atom. The first-order chi connectivity index (χ1) is 8.90. The molecular weight excluding hydrogens is 240 g/mol. The lowest BCUT2D eigenvalue weighted by molar-refractivity contribution is 0.0696. The highest BCUT2D eigenvalue weighted by molar-refractivity contribution is 5.88. The molecule has 0 saturated heterocycles. The molecule has 0 aliphatic rings. The van der Waals surface area contributed by atoms with Gasteiger partial charge < -0.3 is 10.4 Å². The Kier molecular flexibility index (Phi) is 5.80. The number of anilines is 1. The average Bonchev–Trinajstić information content (AvgIpc) is 2.34. The molecule has 1 heterocycles. The van der Waals surface area contributed by atoms with Crippen LogP contribution in [0.25, 0.3) is 0 Å². The van der Waals surface area contributed by atoms with Crippen LogP contribution in [0.2, 0.25) is 0 Å². The van der Waals surface area contributed by atoms with E-state index in [2.05, 4.69) is 24.1 Å². The third-order valence-corrected chi connectivity index (χ3v) is 2.95. The predicted octanol–water partition coefficient (Wildman–Crippen LogP) is 3.75. The maximum atomic E-state index is 11.1. The van der Waals surface area contributed by atoms with Crippen molar-refractivity contribution in [3.63, 3.8) is 0 Å². The summed E-state index contributed by atoms with van der Waals surface area (Å²) in [6.07, 6.45) is 2.22. The lowest BCUT2D eigenvalue weighted by Crippen LogP contribution is -2.09. The molecule has 0 radical (unpaired) electrons. The van der Waals surface area contributed by atoms with Crippen molar-refractivity contribution in [3.05, 3.63) is 23.4 Å². The van der Waals surface area contributed by atoms with E-state index >= 15 is 0 Å². The maximum absolute atomic E-state index is 11.1.